The average molecular weight is 470 g/mol. The molecule has 4 rings (SSSR count). The summed E-state index contributed by atoms with van der Waals surface area (Å²) >= 11 is 9.57. The van der Waals surface area contributed by atoms with Crippen molar-refractivity contribution in [1.29, 1.82) is 0 Å². The van der Waals surface area contributed by atoms with Gasteiger partial charge in [-0.15, -0.1) is 0 Å². The summed E-state index contributed by atoms with van der Waals surface area (Å²) in [4.78, 5) is 17.4. The molecule has 146 valence electrons. The molecule has 1 N–H and O–H groups in total. The van der Waals surface area contributed by atoms with Crippen LogP contribution in [0.15, 0.2) is 57.4 Å². The van der Waals surface area contributed by atoms with Crippen molar-refractivity contribution in [2.24, 2.45) is 0 Å². The van der Waals surface area contributed by atoms with Crippen LogP contribution < -0.4 is 5.32 Å². The zero-order valence-electron chi connectivity index (χ0n) is 16.1. The molecule has 1 amide bonds. The molecule has 0 saturated heterocycles. The maximum absolute atomic E-state index is 12.8. The predicted molar refractivity (Wildman–Crippen MR) is 121 cm³/mol. The number of hydrogen-bond acceptors (Lipinski definition) is 3. The van der Waals surface area contributed by atoms with Gasteiger partial charge in [0.1, 0.15) is 5.52 Å². The van der Waals surface area contributed by atoms with E-state index in [1.165, 1.54) is 0 Å². The van der Waals surface area contributed by atoms with Crippen LogP contribution in [-0.2, 0) is 0 Å². The molecule has 0 spiro atoms. The molecule has 0 radical (unpaired) electrons. The van der Waals surface area contributed by atoms with Crippen LogP contribution in [0.25, 0.3) is 22.6 Å². The Labute approximate surface area is 182 Å². The van der Waals surface area contributed by atoms with E-state index in [9.17, 15) is 4.79 Å². The van der Waals surface area contributed by atoms with Crippen LogP contribution in [0.5, 0.6) is 0 Å². The van der Waals surface area contributed by atoms with Crippen LogP contribution in [0.4, 0.5) is 5.69 Å². The zero-order valence-corrected chi connectivity index (χ0v) is 18.5. The number of halogens is 2. The third-order valence-electron chi connectivity index (χ3n) is 4.81. The first-order chi connectivity index (χ1) is 13.8. The third-order valence-corrected chi connectivity index (χ3v) is 5.63. The van der Waals surface area contributed by atoms with Gasteiger partial charge in [-0.05, 0) is 73.9 Å². The van der Waals surface area contributed by atoms with E-state index < -0.39 is 0 Å². The fourth-order valence-electron chi connectivity index (χ4n) is 3.36. The van der Waals surface area contributed by atoms with Gasteiger partial charge in [-0.3, -0.25) is 4.79 Å². The second kappa shape index (κ2) is 7.65. The average Bonchev–Trinajstić information content (AvgIpc) is 3.09. The van der Waals surface area contributed by atoms with E-state index in [2.05, 4.69) is 32.3 Å². The summed E-state index contributed by atoms with van der Waals surface area (Å²) in [5, 5.41) is 3.34. The van der Waals surface area contributed by atoms with E-state index in [4.69, 9.17) is 16.0 Å². The van der Waals surface area contributed by atoms with E-state index in [0.717, 1.165) is 37.8 Å². The van der Waals surface area contributed by atoms with Crippen molar-refractivity contribution in [2.45, 2.75) is 20.8 Å². The van der Waals surface area contributed by atoms with Gasteiger partial charge in [0.15, 0.2) is 5.58 Å². The summed E-state index contributed by atoms with van der Waals surface area (Å²) in [6.07, 6.45) is 0. The molecule has 6 heteroatoms. The number of aryl methyl sites for hydroxylation is 2. The van der Waals surface area contributed by atoms with Gasteiger partial charge in [0.05, 0.1) is 10.6 Å². The molecule has 4 nitrogen and oxygen atoms in total. The van der Waals surface area contributed by atoms with Crippen molar-refractivity contribution in [2.75, 3.05) is 5.32 Å². The third kappa shape index (κ3) is 3.80. The van der Waals surface area contributed by atoms with Crippen molar-refractivity contribution < 1.29 is 9.21 Å². The monoisotopic (exact) mass is 468 g/mol. The fraction of sp³-hybridized carbons (Fsp3) is 0.130. The second-order valence-electron chi connectivity index (χ2n) is 7.01. The van der Waals surface area contributed by atoms with Crippen LogP contribution in [0.2, 0.25) is 5.02 Å². The van der Waals surface area contributed by atoms with Gasteiger partial charge in [0, 0.05) is 15.7 Å². The molecule has 0 aliphatic rings. The van der Waals surface area contributed by atoms with Gasteiger partial charge < -0.3 is 9.73 Å². The largest absolute Gasteiger partial charge is 0.436 e. The zero-order chi connectivity index (χ0) is 20.7. The van der Waals surface area contributed by atoms with Crippen LogP contribution in [0.1, 0.15) is 27.0 Å². The van der Waals surface area contributed by atoms with Crippen molar-refractivity contribution in [3.05, 3.63) is 80.3 Å². The summed E-state index contributed by atoms with van der Waals surface area (Å²) in [5.74, 6) is 0.253. The van der Waals surface area contributed by atoms with E-state index in [-0.39, 0.29) is 5.91 Å². The Morgan fingerprint density at radius 2 is 1.90 bits per heavy atom. The first-order valence-corrected chi connectivity index (χ1v) is 10.2. The number of hydrogen-bond donors (Lipinski definition) is 1. The van der Waals surface area contributed by atoms with Crippen LogP contribution in [0, 0.1) is 20.8 Å². The number of aromatic nitrogens is 1. The van der Waals surface area contributed by atoms with Gasteiger partial charge in [0.25, 0.3) is 5.91 Å². The molecule has 0 aliphatic heterocycles. The highest BCUT2D eigenvalue weighted by atomic mass is 79.9. The van der Waals surface area contributed by atoms with E-state index in [0.29, 0.717) is 22.2 Å². The molecule has 0 aliphatic carbocycles. The number of nitrogens with one attached hydrogen (secondary N) is 1. The highest BCUT2D eigenvalue weighted by molar-refractivity contribution is 9.10. The van der Waals surface area contributed by atoms with Crippen molar-refractivity contribution in [3.63, 3.8) is 0 Å². The Kier molecular flexibility index (Phi) is 5.19. The molecule has 1 heterocycles. The molecule has 3 aromatic carbocycles. The van der Waals surface area contributed by atoms with Gasteiger partial charge in [-0.2, -0.15) is 0 Å². The maximum atomic E-state index is 12.8. The van der Waals surface area contributed by atoms with Crippen LogP contribution in [-0.4, -0.2) is 10.9 Å². The number of rotatable bonds is 3. The minimum absolute atomic E-state index is 0.277. The molecular weight excluding hydrogens is 452 g/mol. The van der Waals surface area contributed by atoms with Gasteiger partial charge >= 0.3 is 0 Å². The number of carbonyl (C=O) groups excluding carboxylic acids is 1. The van der Waals surface area contributed by atoms with E-state index in [1.807, 2.05) is 45.0 Å². The number of nitrogens with zero attached hydrogens (tertiary/aromatic N) is 1. The second-order valence-corrected chi connectivity index (χ2v) is 8.33. The Bertz CT molecular complexity index is 1260. The van der Waals surface area contributed by atoms with Crippen molar-refractivity contribution >= 4 is 50.2 Å². The Balaban J connectivity index is 1.72. The fourth-order valence-corrected chi connectivity index (χ4v) is 3.92. The number of benzene rings is 3. The standard InChI is InChI=1S/C23H18BrClN2O2/c1-12-9-13(2)21-20(10-12)27-23(29-21)16-5-4-6-19(14(16)3)26-22(28)17-11-15(24)7-8-18(17)25/h4-11H,1-3H3,(H,26,28). The molecule has 0 fully saturated rings. The highest BCUT2D eigenvalue weighted by Gasteiger charge is 2.17. The predicted octanol–water partition coefficient (Wildman–Crippen LogP) is 7.09. The van der Waals surface area contributed by atoms with Crippen molar-refractivity contribution in [3.8, 4) is 11.5 Å². The lowest BCUT2D eigenvalue weighted by molar-refractivity contribution is 0.102. The van der Waals surface area contributed by atoms with Crippen LogP contribution >= 0.6 is 27.5 Å². The summed E-state index contributed by atoms with van der Waals surface area (Å²) < 4.78 is 6.84. The number of fused-ring (bicyclic) bond motifs is 1. The number of amides is 1. The summed E-state index contributed by atoms with van der Waals surface area (Å²) in [6, 6.07) is 14.9. The SMILES string of the molecule is Cc1cc(C)c2oc(-c3cccc(NC(=O)c4cc(Br)ccc4Cl)c3C)nc2c1. The Morgan fingerprint density at radius 3 is 2.69 bits per heavy atom. The lowest BCUT2D eigenvalue weighted by Crippen LogP contribution is -2.13. The van der Waals surface area contributed by atoms with Gasteiger partial charge in [0.2, 0.25) is 5.89 Å². The smallest absolute Gasteiger partial charge is 0.257 e. The first-order valence-electron chi connectivity index (χ1n) is 9.07. The molecule has 0 unspecified atom stereocenters. The number of anilines is 1. The Morgan fingerprint density at radius 1 is 1.10 bits per heavy atom. The molecule has 1 aromatic heterocycles. The summed E-state index contributed by atoms with van der Waals surface area (Å²) in [5.41, 5.74) is 6.57. The minimum atomic E-state index is -0.277. The van der Waals surface area contributed by atoms with E-state index >= 15 is 0 Å². The molecule has 0 bridgehead atoms. The molecule has 4 aromatic rings. The molecule has 0 saturated carbocycles. The number of oxazole rings is 1. The van der Waals surface area contributed by atoms with Gasteiger partial charge in [-0.1, -0.05) is 39.7 Å². The highest BCUT2D eigenvalue weighted by Crippen LogP contribution is 2.32. The van der Waals surface area contributed by atoms with Gasteiger partial charge in [-0.25, -0.2) is 4.98 Å². The minimum Gasteiger partial charge on any atom is -0.436 e. The molecular formula is C23H18BrClN2O2. The maximum Gasteiger partial charge on any atom is 0.257 e. The summed E-state index contributed by atoms with van der Waals surface area (Å²) in [6.45, 7) is 5.98. The number of carbonyl (C=O) groups is 1. The van der Waals surface area contributed by atoms with E-state index in [1.54, 1.807) is 18.2 Å². The lowest BCUT2D eigenvalue weighted by Gasteiger charge is -2.12. The quantitative estimate of drug-likeness (QED) is 0.348. The van der Waals surface area contributed by atoms with Crippen molar-refractivity contribution in [1.82, 2.24) is 4.98 Å². The van der Waals surface area contributed by atoms with Crippen LogP contribution in [0.3, 0.4) is 0 Å². The normalized spacial score (nSPS) is 11.1. The topological polar surface area (TPSA) is 55.1 Å². The first kappa shape index (κ1) is 19.7. The Hall–Kier alpha value is -2.63. The lowest BCUT2D eigenvalue weighted by atomic mass is 10.1. The summed E-state index contributed by atoms with van der Waals surface area (Å²) in [7, 11) is 0. The molecule has 29 heavy (non-hydrogen) atoms. The molecule has 0 atom stereocenters.